The van der Waals surface area contributed by atoms with E-state index >= 15 is 0 Å². The molecule has 2 N–H and O–H groups in total. The highest BCUT2D eigenvalue weighted by atomic mass is 35.5. The minimum Gasteiger partial charge on any atom is -0.477 e. The van der Waals surface area contributed by atoms with E-state index in [9.17, 15) is 18.3 Å². The maximum Gasteiger partial charge on any atom is 0.341 e. The van der Waals surface area contributed by atoms with Crippen LogP contribution < -0.4 is 4.72 Å². The second kappa shape index (κ2) is 6.07. The third kappa shape index (κ3) is 3.65. The SMILES string of the molecule is CC(NS(C)(=O)=O)c1onc(-c2ccc(Cl)cc2)c1C(=O)O. The number of hydrogen-bond acceptors (Lipinski definition) is 5. The molecule has 0 amide bonds. The summed E-state index contributed by atoms with van der Waals surface area (Å²) in [6, 6.07) is 5.52. The molecular weight excluding hydrogens is 332 g/mol. The molecule has 0 aliphatic rings. The molecule has 0 spiro atoms. The molecule has 1 heterocycles. The molecule has 0 saturated heterocycles. The average Bonchev–Trinajstić information content (AvgIpc) is 2.82. The normalized spacial score (nSPS) is 13.0. The van der Waals surface area contributed by atoms with Crippen LogP contribution in [0, 0.1) is 0 Å². The minimum absolute atomic E-state index is 0.0668. The summed E-state index contributed by atoms with van der Waals surface area (Å²) in [6.45, 7) is 1.47. The van der Waals surface area contributed by atoms with Gasteiger partial charge < -0.3 is 9.63 Å². The largest absolute Gasteiger partial charge is 0.477 e. The average molecular weight is 345 g/mol. The zero-order valence-electron chi connectivity index (χ0n) is 11.7. The number of nitrogens with one attached hydrogen (secondary N) is 1. The quantitative estimate of drug-likeness (QED) is 0.861. The van der Waals surface area contributed by atoms with Crippen LogP contribution in [0.3, 0.4) is 0 Å². The summed E-state index contributed by atoms with van der Waals surface area (Å²) in [5.74, 6) is -1.33. The summed E-state index contributed by atoms with van der Waals surface area (Å²) in [6.07, 6.45) is 0.973. The lowest BCUT2D eigenvalue weighted by atomic mass is 10.0. The summed E-state index contributed by atoms with van der Waals surface area (Å²) in [5.41, 5.74) is 0.427. The van der Waals surface area contributed by atoms with E-state index in [1.54, 1.807) is 24.3 Å². The highest BCUT2D eigenvalue weighted by molar-refractivity contribution is 7.88. The van der Waals surface area contributed by atoms with Gasteiger partial charge in [-0.05, 0) is 19.1 Å². The van der Waals surface area contributed by atoms with Gasteiger partial charge >= 0.3 is 5.97 Å². The second-order valence-electron chi connectivity index (χ2n) is 4.69. The number of rotatable bonds is 5. The highest BCUT2D eigenvalue weighted by Gasteiger charge is 2.28. The van der Waals surface area contributed by atoms with E-state index in [1.165, 1.54) is 6.92 Å². The molecule has 0 saturated carbocycles. The molecule has 0 fully saturated rings. The molecule has 7 nitrogen and oxygen atoms in total. The summed E-state index contributed by atoms with van der Waals surface area (Å²) in [5, 5.41) is 13.6. The molecule has 0 radical (unpaired) electrons. The van der Waals surface area contributed by atoms with Crippen molar-refractivity contribution in [3.8, 4) is 11.3 Å². The first kappa shape index (κ1) is 16.5. The topological polar surface area (TPSA) is 110 Å². The summed E-state index contributed by atoms with van der Waals surface area (Å²) < 4.78 is 29.9. The van der Waals surface area contributed by atoms with Crippen molar-refractivity contribution in [2.75, 3.05) is 6.26 Å². The lowest BCUT2D eigenvalue weighted by Crippen LogP contribution is -2.26. The maximum atomic E-state index is 11.5. The fourth-order valence-electron chi connectivity index (χ4n) is 1.98. The van der Waals surface area contributed by atoms with E-state index in [-0.39, 0.29) is 17.0 Å². The van der Waals surface area contributed by atoms with Gasteiger partial charge in [-0.15, -0.1) is 0 Å². The summed E-state index contributed by atoms with van der Waals surface area (Å²) in [7, 11) is -3.52. The van der Waals surface area contributed by atoms with Crippen LogP contribution in [0.5, 0.6) is 0 Å². The number of hydrogen-bond donors (Lipinski definition) is 2. The van der Waals surface area contributed by atoms with Gasteiger partial charge in [0.05, 0.1) is 12.3 Å². The first-order chi connectivity index (χ1) is 10.2. The molecule has 1 atom stereocenters. The molecule has 2 aromatic rings. The standard InChI is InChI=1S/C13H13ClN2O5S/c1-7(16-22(2,19)20)12-10(13(17)18)11(15-21-12)8-3-5-9(14)6-4-8/h3-7,16H,1-2H3,(H,17,18). The van der Waals surface area contributed by atoms with E-state index < -0.39 is 22.0 Å². The van der Waals surface area contributed by atoms with Gasteiger partial charge in [0.1, 0.15) is 11.3 Å². The zero-order chi connectivity index (χ0) is 16.5. The van der Waals surface area contributed by atoms with Gasteiger partial charge in [-0.3, -0.25) is 0 Å². The molecule has 0 bridgehead atoms. The number of carboxylic acids is 1. The van der Waals surface area contributed by atoms with Crippen LogP contribution in [0.2, 0.25) is 5.02 Å². The fraction of sp³-hybridized carbons (Fsp3) is 0.231. The Morgan fingerprint density at radius 2 is 1.95 bits per heavy atom. The molecule has 118 valence electrons. The van der Waals surface area contributed by atoms with E-state index in [0.717, 1.165) is 6.26 Å². The number of benzene rings is 1. The van der Waals surface area contributed by atoms with E-state index in [0.29, 0.717) is 10.6 Å². The van der Waals surface area contributed by atoms with Gasteiger partial charge in [0, 0.05) is 10.6 Å². The van der Waals surface area contributed by atoms with Crippen molar-refractivity contribution >= 4 is 27.6 Å². The highest BCUT2D eigenvalue weighted by Crippen LogP contribution is 2.30. The molecule has 22 heavy (non-hydrogen) atoms. The van der Waals surface area contributed by atoms with Gasteiger partial charge in [-0.1, -0.05) is 28.9 Å². The molecule has 0 aliphatic heterocycles. The number of halogens is 1. The van der Waals surface area contributed by atoms with Crippen molar-refractivity contribution in [1.29, 1.82) is 0 Å². The fourth-order valence-corrected chi connectivity index (χ4v) is 2.86. The predicted octanol–water partition coefficient (Wildman–Crippen LogP) is 2.30. The van der Waals surface area contributed by atoms with Crippen LogP contribution in [0.25, 0.3) is 11.3 Å². The lowest BCUT2D eigenvalue weighted by molar-refractivity contribution is 0.0694. The first-order valence-corrected chi connectivity index (χ1v) is 8.42. The molecule has 9 heteroatoms. The van der Waals surface area contributed by atoms with Gasteiger partial charge in [0.2, 0.25) is 10.0 Å². The van der Waals surface area contributed by atoms with Crippen LogP contribution in [0.1, 0.15) is 29.1 Å². The summed E-state index contributed by atoms with van der Waals surface area (Å²) >= 11 is 5.79. The van der Waals surface area contributed by atoms with Gasteiger partial charge in [-0.2, -0.15) is 0 Å². The zero-order valence-corrected chi connectivity index (χ0v) is 13.3. The Kier molecular flexibility index (Phi) is 4.55. The number of nitrogens with zero attached hydrogens (tertiary/aromatic N) is 1. The van der Waals surface area contributed by atoms with Crippen molar-refractivity contribution in [2.45, 2.75) is 13.0 Å². The van der Waals surface area contributed by atoms with Crippen LogP contribution in [-0.2, 0) is 10.0 Å². The minimum atomic E-state index is -3.52. The molecule has 1 aromatic carbocycles. The van der Waals surface area contributed by atoms with Crippen molar-refractivity contribution in [1.82, 2.24) is 9.88 Å². The third-order valence-corrected chi connectivity index (χ3v) is 3.87. The number of sulfonamides is 1. The van der Waals surface area contributed by atoms with Crippen LogP contribution >= 0.6 is 11.6 Å². The maximum absolute atomic E-state index is 11.5. The van der Waals surface area contributed by atoms with Gasteiger partial charge in [0.25, 0.3) is 0 Å². The van der Waals surface area contributed by atoms with Crippen molar-refractivity contribution in [3.63, 3.8) is 0 Å². The molecule has 2 rings (SSSR count). The van der Waals surface area contributed by atoms with Crippen LogP contribution in [0.4, 0.5) is 0 Å². The Balaban J connectivity index is 2.50. The molecule has 0 aliphatic carbocycles. The Bertz CT molecular complexity index is 798. The van der Waals surface area contributed by atoms with E-state index in [2.05, 4.69) is 9.88 Å². The number of carbonyl (C=O) groups is 1. The first-order valence-electron chi connectivity index (χ1n) is 6.15. The third-order valence-electron chi connectivity index (χ3n) is 2.83. The predicted molar refractivity (Wildman–Crippen MR) is 80.3 cm³/mol. The monoisotopic (exact) mass is 344 g/mol. The number of aromatic nitrogens is 1. The van der Waals surface area contributed by atoms with Gasteiger partial charge in [0.15, 0.2) is 5.76 Å². The Morgan fingerprint density at radius 1 is 1.36 bits per heavy atom. The number of aromatic carboxylic acids is 1. The Labute approximate surface area is 131 Å². The van der Waals surface area contributed by atoms with Crippen molar-refractivity contribution in [3.05, 3.63) is 40.6 Å². The summed E-state index contributed by atoms with van der Waals surface area (Å²) in [4.78, 5) is 11.5. The smallest absolute Gasteiger partial charge is 0.341 e. The van der Waals surface area contributed by atoms with Gasteiger partial charge in [-0.25, -0.2) is 17.9 Å². The van der Waals surface area contributed by atoms with Crippen molar-refractivity contribution in [2.24, 2.45) is 0 Å². The molecular formula is C13H13ClN2O5S. The second-order valence-corrected chi connectivity index (χ2v) is 6.91. The van der Waals surface area contributed by atoms with Crippen LogP contribution in [0.15, 0.2) is 28.8 Å². The van der Waals surface area contributed by atoms with Crippen LogP contribution in [-0.4, -0.2) is 30.9 Å². The number of carboxylic acid groups (broad SMARTS) is 1. The van der Waals surface area contributed by atoms with E-state index in [1.807, 2.05) is 0 Å². The lowest BCUT2D eigenvalue weighted by Gasteiger charge is -2.09. The van der Waals surface area contributed by atoms with Crippen molar-refractivity contribution < 1.29 is 22.8 Å². The molecule has 1 aromatic heterocycles. The van der Waals surface area contributed by atoms with E-state index in [4.69, 9.17) is 16.1 Å². The Hall–Kier alpha value is -1.90. The Morgan fingerprint density at radius 3 is 2.45 bits per heavy atom. The molecule has 1 unspecified atom stereocenters.